The minimum absolute atomic E-state index is 0.127. The summed E-state index contributed by atoms with van der Waals surface area (Å²) in [6, 6.07) is 7.91. The van der Waals surface area contributed by atoms with E-state index in [0.717, 1.165) is 31.1 Å². The second-order valence-corrected chi connectivity index (χ2v) is 5.18. The number of nitrogens with one attached hydrogen (secondary N) is 1. The number of hydrogen-bond acceptors (Lipinski definition) is 3. The largest absolute Gasteiger partial charge is 0.374 e. The zero-order chi connectivity index (χ0) is 13.0. The molecule has 0 bridgehead atoms. The minimum atomic E-state index is 0.127. The zero-order valence-corrected chi connectivity index (χ0v) is 11.3. The fourth-order valence-corrected chi connectivity index (χ4v) is 2.51. The van der Waals surface area contributed by atoms with Gasteiger partial charge in [0.2, 0.25) is 0 Å². The maximum atomic E-state index is 11.2. The molecule has 1 N–H and O–H groups in total. The highest BCUT2D eigenvalue weighted by Gasteiger charge is 2.15. The molecule has 0 amide bonds. The number of benzene rings is 1. The Kier molecular flexibility index (Phi) is 4.37. The molecule has 98 valence electrons. The Morgan fingerprint density at radius 2 is 1.89 bits per heavy atom. The molecule has 1 heterocycles. The van der Waals surface area contributed by atoms with Gasteiger partial charge in [-0.1, -0.05) is 0 Å². The molecule has 2 rings (SSSR count). The minimum Gasteiger partial charge on any atom is -0.374 e. The molecule has 1 aliphatic heterocycles. The third kappa shape index (κ3) is 3.33. The predicted octanol–water partition coefficient (Wildman–Crippen LogP) is 2.33. The first-order valence-corrected chi connectivity index (χ1v) is 6.69. The molecule has 0 spiro atoms. The van der Waals surface area contributed by atoms with Crippen LogP contribution in [0.3, 0.4) is 0 Å². The Bertz CT molecular complexity index is 393. The van der Waals surface area contributed by atoms with Gasteiger partial charge in [-0.15, -0.1) is 0 Å². The summed E-state index contributed by atoms with van der Waals surface area (Å²) in [6.07, 6.45) is 2.52. The van der Waals surface area contributed by atoms with Crippen LogP contribution >= 0.6 is 0 Å². The van der Waals surface area contributed by atoms with Crippen molar-refractivity contribution in [1.82, 2.24) is 5.32 Å². The molecule has 18 heavy (non-hydrogen) atoms. The number of carbonyl (C=O) groups excluding carboxylic acids is 1. The summed E-state index contributed by atoms with van der Waals surface area (Å²) in [7, 11) is 2.13. The van der Waals surface area contributed by atoms with E-state index in [9.17, 15) is 4.79 Å². The van der Waals surface area contributed by atoms with E-state index < -0.39 is 0 Å². The maximum absolute atomic E-state index is 11.2. The molecule has 0 aromatic heterocycles. The van der Waals surface area contributed by atoms with E-state index in [1.807, 2.05) is 24.3 Å². The van der Waals surface area contributed by atoms with Crippen molar-refractivity contribution >= 4 is 11.5 Å². The van der Waals surface area contributed by atoms with E-state index in [2.05, 4.69) is 17.3 Å². The average Bonchev–Trinajstić information content (AvgIpc) is 2.40. The summed E-state index contributed by atoms with van der Waals surface area (Å²) in [5.41, 5.74) is 1.98. The first kappa shape index (κ1) is 13.1. The second kappa shape index (κ2) is 6.01. The van der Waals surface area contributed by atoms with Gasteiger partial charge in [0, 0.05) is 24.8 Å². The fourth-order valence-electron chi connectivity index (χ4n) is 2.51. The lowest BCUT2D eigenvalue weighted by atomic mass is 9.97. The lowest BCUT2D eigenvalue weighted by Gasteiger charge is -2.28. The normalized spacial score (nSPS) is 16.6. The maximum Gasteiger partial charge on any atom is 0.159 e. The van der Waals surface area contributed by atoms with Crippen LogP contribution < -0.4 is 10.2 Å². The molecular weight excluding hydrogens is 224 g/mol. The third-order valence-corrected chi connectivity index (χ3v) is 3.71. The number of carbonyl (C=O) groups is 1. The Hall–Kier alpha value is -1.35. The monoisotopic (exact) mass is 246 g/mol. The van der Waals surface area contributed by atoms with E-state index >= 15 is 0 Å². The van der Waals surface area contributed by atoms with Gasteiger partial charge in [0.05, 0.1) is 0 Å². The van der Waals surface area contributed by atoms with Gasteiger partial charge in [-0.05, 0) is 63.0 Å². The van der Waals surface area contributed by atoms with Gasteiger partial charge in [0.25, 0.3) is 0 Å². The van der Waals surface area contributed by atoms with Crippen molar-refractivity contribution in [2.45, 2.75) is 19.8 Å². The summed E-state index contributed by atoms with van der Waals surface area (Å²) in [5.74, 6) is 0.909. The SMILES string of the molecule is CC(=O)c1ccc(N(C)CC2CCNCC2)cc1. The topological polar surface area (TPSA) is 32.3 Å². The molecule has 0 aliphatic carbocycles. The number of anilines is 1. The van der Waals surface area contributed by atoms with Crippen molar-refractivity contribution in [3.8, 4) is 0 Å². The number of hydrogen-bond donors (Lipinski definition) is 1. The van der Waals surface area contributed by atoms with Crippen LogP contribution in [0.4, 0.5) is 5.69 Å². The van der Waals surface area contributed by atoms with Crippen molar-refractivity contribution in [3.63, 3.8) is 0 Å². The van der Waals surface area contributed by atoms with E-state index in [-0.39, 0.29) is 5.78 Å². The van der Waals surface area contributed by atoms with E-state index in [1.165, 1.54) is 18.5 Å². The van der Waals surface area contributed by atoms with Crippen molar-refractivity contribution in [1.29, 1.82) is 0 Å². The van der Waals surface area contributed by atoms with Crippen LogP contribution in [0.25, 0.3) is 0 Å². The van der Waals surface area contributed by atoms with E-state index in [0.29, 0.717) is 0 Å². The molecule has 1 aromatic carbocycles. The molecule has 3 nitrogen and oxygen atoms in total. The number of ketones is 1. The molecule has 0 radical (unpaired) electrons. The Morgan fingerprint density at radius 3 is 2.44 bits per heavy atom. The lowest BCUT2D eigenvalue weighted by molar-refractivity contribution is 0.101. The third-order valence-electron chi connectivity index (χ3n) is 3.71. The molecule has 1 fully saturated rings. The van der Waals surface area contributed by atoms with E-state index in [1.54, 1.807) is 6.92 Å². The predicted molar refractivity (Wildman–Crippen MR) is 75.3 cm³/mol. The highest BCUT2D eigenvalue weighted by atomic mass is 16.1. The van der Waals surface area contributed by atoms with Crippen molar-refractivity contribution < 1.29 is 4.79 Å². The summed E-state index contributed by atoms with van der Waals surface area (Å²) in [4.78, 5) is 13.5. The molecule has 1 aromatic rings. The Morgan fingerprint density at radius 1 is 1.28 bits per heavy atom. The number of nitrogens with zero attached hydrogens (tertiary/aromatic N) is 1. The lowest BCUT2D eigenvalue weighted by Crippen LogP contribution is -2.34. The van der Waals surface area contributed by atoms with Crippen LogP contribution in [0, 0.1) is 5.92 Å². The van der Waals surface area contributed by atoms with Gasteiger partial charge in [-0.3, -0.25) is 4.79 Å². The number of Topliss-reactive ketones (excluding diaryl/α,β-unsaturated/α-hetero) is 1. The van der Waals surface area contributed by atoms with Gasteiger partial charge in [0.15, 0.2) is 5.78 Å². The molecule has 1 aliphatic rings. The zero-order valence-electron chi connectivity index (χ0n) is 11.3. The van der Waals surface area contributed by atoms with Crippen LogP contribution in [-0.2, 0) is 0 Å². The quantitative estimate of drug-likeness (QED) is 0.828. The summed E-state index contributed by atoms with van der Waals surface area (Å²) in [5, 5.41) is 3.39. The molecule has 1 saturated heterocycles. The van der Waals surface area contributed by atoms with Crippen LogP contribution in [0.5, 0.6) is 0 Å². The Balaban J connectivity index is 1.95. The van der Waals surface area contributed by atoms with Crippen LogP contribution in [-0.4, -0.2) is 32.5 Å². The first-order valence-electron chi connectivity index (χ1n) is 6.69. The molecule has 3 heteroatoms. The van der Waals surface area contributed by atoms with Crippen LogP contribution in [0.1, 0.15) is 30.1 Å². The van der Waals surface area contributed by atoms with Crippen molar-refractivity contribution in [2.75, 3.05) is 31.6 Å². The van der Waals surface area contributed by atoms with Crippen molar-refractivity contribution in [3.05, 3.63) is 29.8 Å². The van der Waals surface area contributed by atoms with E-state index in [4.69, 9.17) is 0 Å². The molecule has 0 unspecified atom stereocenters. The van der Waals surface area contributed by atoms with Crippen molar-refractivity contribution in [2.24, 2.45) is 5.92 Å². The molecule has 0 atom stereocenters. The van der Waals surface area contributed by atoms with Gasteiger partial charge in [-0.25, -0.2) is 0 Å². The average molecular weight is 246 g/mol. The first-order chi connectivity index (χ1) is 8.66. The van der Waals surface area contributed by atoms with Crippen LogP contribution in [0.15, 0.2) is 24.3 Å². The summed E-state index contributed by atoms with van der Waals surface area (Å²) < 4.78 is 0. The Labute approximate surface area is 109 Å². The summed E-state index contributed by atoms with van der Waals surface area (Å²) >= 11 is 0. The number of rotatable bonds is 4. The highest BCUT2D eigenvalue weighted by Crippen LogP contribution is 2.19. The fraction of sp³-hybridized carbons (Fsp3) is 0.533. The van der Waals surface area contributed by atoms with Gasteiger partial charge in [0.1, 0.15) is 0 Å². The molecular formula is C15H22N2O. The number of piperidine rings is 1. The molecule has 0 saturated carbocycles. The van der Waals surface area contributed by atoms with Gasteiger partial charge < -0.3 is 10.2 Å². The highest BCUT2D eigenvalue weighted by molar-refractivity contribution is 5.94. The van der Waals surface area contributed by atoms with Crippen LogP contribution in [0.2, 0.25) is 0 Å². The van der Waals surface area contributed by atoms with Gasteiger partial charge in [-0.2, -0.15) is 0 Å². The standard InChI is InChI=1S/C15H22N2O/c1-12(18)14-3-5-15(6-4-14)17(2)11-13-7-9-16-10-8-13/h3-6,13,16H,7-11H2,1-2H3. The van der Waals surface area contributed by atoms with Gasteiger partial charge >= 0.3 is 0 Å². The summed E-state index contributed by atoms with van der Waals surface area (Å²) in [6.45, 7) is 4.98. The smallest absolute Gasteiger partial charge is 0.159 e. The second-order valence-electron chi connectivity index (χ2n) is 5.18.